The maximum absolute atomic E-state index is 12.4. The molecular formula is C22H22N2O3S2. The van der Waals surface area contributed by atoms with Crippen molar-refractivity contribution in [3.63, 3.8) is 0 Å². The van der Waals surface area contributed by atoms with Crippen molar-refractivity contribution in [1.29, 1.82) is 0 Å². The number of benzene rings is 3. The quantitative estimate of drug-likeness (QED) is 0.526. The second-order valence-electron chi connectivity index (χ2n) is 6.56. The maximum atomic E-state index is 12.4. The monoisotopic (exact) mass is 426 g/mol. The zero-order valence-electron chi connectivity index (χ0n) is 16.1. The number of thioether (sulfide) groups is 1. The molecule has 0 heterocycles. The summed E-state index contributed by atoms with van der Waals surface area (Å²) in [7, 11) is -3.62. The number of amides is 1. The van der Waals surface area contributed by atoms with E-state index in [1.165, 1.54) is 11.8 Å². The number of hydrogen-bond acceptors (Lipinski definition) is 4. The molecule has 1 amide bonds. The van der Waals surface area contributed by atoms with Crippen LogP contribution in [0.3, 0.4) is 0 Å². The third-order valence-corrected chi connectivity index (χ3v) is 6.67. The molecule has 0 radical (unpaired) electrons. The van der Waals surface area contributed by atoms with Crippen LogP contribution in [0.4, 0.5) is 11.4 Å². The van der Waals surface area contributed by atoms with E-state index in [2.05, 4.69) is 10.0 Å². The molecule has 150 valence electrons. The molecule has 0 aromatic heterocycles. The molecule has 0 saturated carbocycles. The fraction of sp³-hybridized carbons (Fsp3) is 0.136. The predicted molar refractivity (Wildman–Crippen MR) is 119 cm³/mol. The molecule has 0 spiro atoms. The summed E-state index contributed by atoms with van der Waals surface area (Å²) in [5.41, 5.74) is 2.36. The summed E-state index contributed by atoms with van der Waals surface area (Å²) in [6.07, 6.45) is 0. The van der Waals surface area contributed by atoms with Gasteiger partial charge in [0.1, 0.15) is 0 Å². The SMILES string of the molecule is Cc1ccc(NC(=O)C(C)Sc2ccc(NS(=O)(=O)c3ccccc3)cc2)cc1. The highest BCUT2D eigenvalue weighted by Crippen LogP contribution is 2.26. The molecule has 2 N–H and O–H groups in total. The number of nitrogens with one attached hydrogen (secondary N) is 2. The van der Waals surface area contributed by atoms with Crippen molar-refractivity contribution >= 4 is 39.1 Å². The number of sulfonamides is 1. The Kier molecular flexibility index (Phi) is 6.61. The summed E-state index contributed by atoms with van der Waals surface area (Å²) in [5, 5.41) is 2.60. The summed E-state index contributed by atoms with van der Waals surface area (Å²) in [6, 6.07) is 22.8. The second kappa shape index (κ2) is 9.15. The van der Waals surface area contributed by atoms with Gasteiger partial charge < -0.3 is 5.32 Å². The standard InChI is InChI=1S/C22H22N2O3S2/c1-16-8-10-18(11-9-16)23-22(25)17(2)28-20-14-12-19(13-15-20)24-29(26,27)21-6-4-3-5-7-21/h3-15,17,24H,1-2H3,(H,23,25). The third kappa shape index (κ3) is 5.85. The first-order valence-electron chi connectivity index (χ1n) is 9.05. The van der Waals surface area contributed by atoms with Gasteiger partial charge in [0.25, 0.3) is 10.0 Å². The van der Waals surface area contributed by atoms with Crippen molar-refractivity contribution in [1.82, 2.24) is 0 Å². The number of anilines is 2. The first-order chi connectivity index (χ1) is 13.8. The summed E-state index contributed by atoms with van der Waals surface area (Å²) < 4.78 is 27.3. The lowest BCUT2D eigenvalue weighted by molar-refractivity contribution is -0.115. The minimum Gasteiger partial charge on any atom is -0.325 e. The van der Waals surface area contributed by atoms with E-state index in [0.717, 1.165) is 16.1 Å². The summed E-state index contributed by atoms with van der Waals surface area (Å²) in [4.78, 5) is 13.5. The second-order valence-corrected chi connectivity index (χ2v) is 9.65. The van der Waals surface area contributed by atoms with Crippen LogP contribution >= 0.6 is 11.8 Å². The molecule has 1 unspecified atom stereocenters. The van der Waals surface area contributed by atoms with Crippen LogP contribution in [0, 0.1) is 6.92 Å². The molecule has 0 aliphatic rings. The van der Waals surface area contributed by atoms with E-state index in [-0.39, 0.29) is 16.1 Å². The third-order valence-electron chi connectivity index (χ3n) is 4.16. The Morgan fingerprint density at radius 3 is 2.07 bits per heavy atom. The highest BCUT2D eigenvalue weighted by molar-refractivity contribution is 8.00. The molecule has 0 bridgehead atoms. The van der Waals surface area contributed by atoms with Crippen LogP contribution in [0.15, 0.2) is 88.7 Å². The van der Waals surface area contributed by atoms with E-state index in [1.807, 2.05) is 38.1 Å². The largest absolute Gasteiger partial charge is 0.325 e. The van der Waals surface area contributed by atoms with Gasteiger partial charge in [-0.2, -0.15) is 0 Å². The fourth-order valence-corrected chi connectivity index (χ4v) is 4.50. The van der Waals surface area contributed by atoms with Gasteiger partial charge in [-0.1, -0.05) is 35.9 Å². The molecule has 29 heavy (non-hydrogen) atoms. The minimum atomic E-state index is -3.62. The van der Waals surface area contributed by atoms with Gasteiger partial charge in [-0.15, -0.1) is 11.8 Å². The highest BCUT2D eigenvalue weighted by atomic mass is 32.2. The average molecular weight is 427 g/mol. The Morgan fingerprint density at radius 2 is 1.45 bits per heavy atom. The van der Waals surface area contributed by atoms with E-state index >= 15 is 0 Å². The van der Waals surface area contributed by atoms with Gasteiger partial charge in [-0.25, -0.2) is 8.42 Å². The van der Waals surface area contributed by atoms with Crippen molar-refractivity contribution in [2.24, 2.45) is 0 Å². The van der Waals surface area contributed by atoms with E-state index < -0.39 is 10.0 Å². The number of carbonyl (C=O) groups excluding carboxylic acids is 1. The van der Waals surface area contributed by atoms with Crippen molar-refractivity contribution < 1.29 is 13.2 Å². The topological polar surface area (TPSA) is 75.3 Å². The Hall–Kier alpha value is -2.77. The number of hydrogen-bond donors (Lipinski definition) is 2. The zero-order chi connectivity index (χ0) is 20.9. The van der Waals surface area contributed by atoms with Crippen LogP contribution in [0.5, 0.6) is 0 Å². The molecule has 0 aliphatic carbocycles. The van der Waals surface area contributed by atoms with Crippen LogP contribution in [-0.4, -0.2) is 19.6 Å². The highest BCUT2D eigenvalue weighted by Gasteiger charge is 2.16. The van der Waals surface area contributed by atoms with Crippen LogP contribution < -0.4 is 10.0 Å². The van der Waals surface area contributed by atoms with Crippen molar-refractivity contribution in [2.45, 2.75) is 28.9 Å². The maximum Gasteiger partial charge on any atom is 0.261 e. The summed E-state index contributed by atoms with van der Waals surface area (Å²) >= 11 is 1.41. The number of aryl methyl sites for hydroxylation is 1. The van der Waals surface area contributed by atoms with E-state index in [1.54, 1.807) is 54.6 Å². The van der Waals surface area contributed by atoms with Crippen molar-refractivity contribution in [3.05, 3.63) is 84.4 Å². The van der Waals surface area contributed by atoms with E-state index in [4.69, 9.17) is 0 Å². The van der Waals surface area contributed by atoms with Gasteiger partial charge in [0, 0.05) is 16.3 Å². The first kappa shape index (κ1) is 21.0. The van der Waals surface area contributed by atoms with Gasteiger partial charge >= 0.3 is 0 Å². The van der Waals surface area contributed by atoms with Crippen molar-refractivity contribution in [3.8, 4) is 0 Å². The average Bonchev–Trinajstić information content (AvgIpc) is 2.71. The Bertz CT molecular complexity index is 1070. The Balaban J connectivity index is 1.59. The molecule has 3 aromatic rings. The van der Waals surface area contributed by atoms with Gasteiger partial charge in [0.2, 0.25) is 5.91 Å². The predicted octanol–water partition coefficient (Wildman–Crippen LogP) is 4.92. The molecule has 1 atom stereocenters. The van der Waals surface area contributed by atoms with Crippen LogP contribution in [0.1, 0.15) is 12.5 Å². The van der Waals surface area contributed by atoms with Gasteiger partial charge in [-0.3, -0.25) is 9.52 Å². The Labute approximate surface area is 175 Å². The lowest BCUT2D eigenvalue weighted by Gasteiger charge is -2.13. The number of rotatable bonds is 7. The van der Waals surface area contributed by atoms with Crippen LogP contribution in [-0.2, 0) is 14.8 Å². The van der Waals surface area contributed by atoms with Crippen molar-refractivity contribution in [2.75, 3.05) is 10.0 Å². The lowest BCUT2D eigenvalue weighted by Crippen LogP contribution is -2.22. The molecule has 0 saturated heterocycles. The summed E-state index contributed by atoms with van der Waals surface area (Å²) in [6.45, 7) is 3.83. The van der Waals surface area contributed by atoms with E-state index in [0.29, 0.717) is 5.69 Å². The van der Waals surface area contributed by atoms with Gasteiger partial charge in [0.15, 0.2) is 0 Å². The minimum absolute atomic E-state index is 0.0901. The van der Waals surface area contributed by atoms with Crippen LogP contribution in [0.2, 0.25) is 0 Å². The molecule has 5 nitrogen and oxygen atoms in total. The normalized spacial score (nSPS) is 12.2. The molecular weight excluding hydrogens is 404 g/mol. The smallest absolute Gasteiger partial charge is 0.261 e. The van der Waals surface area contributed by atoms with Gasteiger partial charge in [-0.05, 0) is 62.4 Å². The molecule has 0 fully saturated rings. The zero-order valence-corrected chi connectivity index (χ0v) is 17.8. The molecule has 0 aliphatic heterocycles. The van der Waals surface area contributed by atoms with Crippen LogP contribution in [0.25, 0.3) is 0 Å². The fourth-order valence-electron chi connectivity index (χ4n) is 2.55. The lowest BCUT2D eigenvalue weighted by atomic mass is 10.2. The molecule has 3 aromatic carbocycles. The first-order valence-corrected chi connectivity index (χ1v) is 11.4. The number of carbonyl (C=O) groups is 1. The van der Waals surface area contributed by atoms with Gasteiger partial charge in [0.05, 0.1) is 10.1 Å². The van der Waals surface area contributed by atoms with E-state index in [9.17, 15) is 13.2 Å². The molecule has 3 rings (SSSR count). The summed E-state index contributed by atoms with van der Waals surface area (Å²) in [5.74, 6) is -0.0901. The molecule has 7 heteroatoms. The Morgan fingerprint density at radius 1 is 0.862 bits per heavy atom.